The van der Waals surface area contributed by atoms with Gasteiger partial charge in [-0.05, 0) is 19.1 Å². The summed E-state index contributed by atoms with van der Waals surface area (Å²) >= 11 is 0. The lowest BCUT2D eigenvalue weighted by atomic mass is 10.1. The van der Waals surface area contributed by atoms with E-state index in [0.717, 1.165) is 6.07 Å². The fourth-order valence-electron chi connectivity index (χ4n) is 1.06. The summed E-state index contributed by atoms with van der Waals surface area (Å²) in [6, 6.07) is 1.43. The predicted molar refractivity (Wildman–Crippen MR) is 49.0 cm³/mol. The van der Waals surface area contributed by atoms with E-state index in [1.807, 2.05) is 0 Å². The Bertz CT molecular complexity index is 443. The summed E-state index contributed by atoms with van der Waals surface area (Å²) in [6.45, 7) is 1.37. The summed E-state index contributed by atoms with van der Waals surface area (Å²) in [6.07, 6.45) is 0. The van der Waals surface area contributed by atoms with Crippen molar-refractivity contribution in [1.82, 2.24) is 0 Å². The van der Waals surface area contributed by atoms with Crippen LogP contribution in [0.25, 0.3) is 0 Å². The van der Waals surface area contributed by atoms with Crippen LogP contribution in [0.1, 0.15) is 17.3 Å². The van der Waals surface area contributed by atoms with Crippen LogP contribution in [-0.2, 0) is 9.53 Å². The van der Waals surface area contributed by atoms with Gasteiger partial charge >= 0.3 is 5.97 Å². The maximum Gasteiger partial charge on any atom is 0.379 e. The highest BCUT2D eigenvalue weighted by molar-refractivity contribution is 6.41. The summed E-state index contributed by atoms with van der Waals surface area (Å²) in [5.74, 6) is -6.47. The van der Waals surface area contributed by atoms with Gasteiger partial charge in [-0.15, -0.1) is 0 Å². The van der Waals surface area contributed by atoms with Crippen molar-refractivity contribution in [2.45, 2.75) is 6.92 Å². The van der Waals surface area contributed by atoms with E-state index in [1.165, 1.54) is 6.92 Å². The Balaban J connectivity index is 3.18. The summed E-state index contributed by atoms with van der Waals surface area (Å²) in [5.41, 5.74) is -1.02. The maximum atomic E-state index is 13.1. The number of phenolic OH excluding ortho intramolecular Hbond substituents is 1. The highest BCUT2D eigenvalue weighted by Crippen LogP contribution is 2.23. The zero-order chi connectivity index (χ0) is 12.3. The lowest BCUT2D eigenvalue weighted by molar-refractivity contribution is -0.137. The average Bonchev–Trinajstić information content (AvgIpc) is 2.24. The molecule has 0 aliphatic heterocycles. The van der Waals surface area contributed by atoms with E-state index in [1.54, 1.807) is 0 Å². The molecule has 0 atom stereocenters. The Hall–Kier alpha value is -1.98. The van der Waals surface area contributed by atoms with Gasteiger partial charge in [-0.25, -0.2) is 13.6 Å². The van der Waals surface area contributed by atoms with Crippen LogP contribution in [0.4, 0.5) is 8.78 Å². The molecule has 1 N–H and O–H groups in total. The van der Waals surface area contributed by atoms with Crippen molar-refractivity contribution in [3.63, 3.8) is 0 Å². The van der Waals surface area contributed by atoms with E-state index in [9.17, 15) is 18.4 Å². The first-order chi connectivity index (χ1) is 7.49. The van der Waals surface area contributed by atoms with Crippen molar-refractivity contribution in [3.8, 4) is 5.75 Å². The SMILES string of the molecule is CCOC(=O)C(=O)c1c(O)ccc(F)c1F. The number of carbonyl (C=O) groups is 2. The van der Waals surface area contributed by atoms with Gasteiger partial charge in [-0.1, -0.05) is 0 Å². The molecule has 0 spiro atoms. The van der Waals surface area contributed by atoms with E-state index in [2.05, 4.69) is 4.74 Å². The summed E-state index contributed by atoms with van der Waals surface area (Å²) in [4.78, 5) is 22.3. The smallest absolute Gasteiger partial charge is 0.379 e. The van der Waals surface area contributed by atoms with Crippen molar-refractivity contribution in [3.05, 3.63) is 29.3 Å². The highest BCUT2D eigenvalue weighted by Gasteiger charge is 2.26. The molecule has 1 aromatic rings. The van der Waals surface area contributed by atoms with Crippen LogP contribution in [0.3, 0.4) is 0 Å². The molecular weight excluding hydrogens is 222 g/mol. The van der Waals surface area contributed by atoms with Crippen LogP contribution < -0.4 is 0 Å². The molecule has 1 aromatic carbocycles. The molecule has 6 heteroatoms. The zero-order valence-electron chi connectivity index (χ0n) is 8.29. The van der Waals surface area contributed by atoms with Crippen LogP contribution in [0.5, 0.6) is 5.75 Å². The Morgan fingerprint density at radius 2 is 2.00 bits per heavy atom. The lowest BCUT2D eigenvalue weighted by Gasteiger charge is -2.05. The number of benzene rings is 1. The normalized spacial score (nSPS) is 9.94. The van der Waals surface area contributed by atoms with E-state index in [-0.39, 0.29) is 6.61 Å². The Morgan fingerprint density at radius 1 is 1.38 bits per heavy atom. The Morgan fingerprint density at radius 3 is 2.56 bits per heavy atom. The first kappa shape index (κ1) is 12.1. The molecule has 4 nitrogen and oxygen atoms in total. The van der Waals surface area contributed by atoms with Crippen LogP contribution in [0.15, 0.2) is 12.1 Å². The van der Waals surface area contributed by atoms with Gasteiger partial charge in [0.1, 0.15) is 11.3 Å². The summed E-state index contributed by atoms with van der Waals surface area (Å²) in [5, 5.41) is 9.17. The lowest BCUT2D eigenvalue weighted by Crippen LogP contribution is -2.19. The van der Waals surface area contributed by atoms with Crippen molar-refractivity contribution < 1.29 is 28.2 Å². The number of ketones is 1. The number of Topliss-reactive ketones (excluding diaryl/α,β-unsaturated/α-hetero) is 1. The molecule has 0 aliphatic rings. The first-order valence-corrected chi connectivity index (χ1v) is 4.37. The molecule has 0 bridgehead atoms. The van der Waals surface area contributed by atoms with Gasteiger partial charge in [-0.2, -0.15) is 0 Å². The average molecular weight is 230 g/mol. The number of carbonyl (C=O) groups excluding carboxylic acids is 2. The largest absolute Gasteiger partial charge is 0.507 e. The fraction of sp³-hybridized carbons (Fsp3) is 0.200. The van der Waals surface area contributed by atoms with Crippen LogP contribution >= 0.6 is 0 Å². The van der Waals surface area contributed by atoms with Crippen molar-refractivity contribution in [2.24, 2.45) is 0 Å². The molecule has 16 heavy (non-hydrogen) atoms. The van der Waals surface area contributed by atoms with Crippen molar-refractivity contribution >= 4 is 11.8 Å². The quantitative estimate of drug-likeness (QED) is 0.484. The topological polar surface area (TPSA) is 63.6 Å². The number of hydrogen-bond donors (Lipinski definition) is 1. The number of halogens is 2. The van der Waals surface area contributed by atoms with Crippen molar-refractivity contribution in [1.29, 1.82) is 0 Å². The zero-order valence-corrected chi connectivity index (χ0v) is 8.29. The molecule has 0 aliphatic carbocycles. The van der Waals surface area contributed by atoms with E-state index in [4.69, 9.17) is 5.11 Å². The minimum Gasteiger partial charge on any atom is -0.507 e. The monoisotopic (exact) mass is 230 g/mol. The minimum absolute atomic E-state index is 0.0811. The van der Waals surface area contributed by atoms with Crippen LogP contribution in [0.2, 0.25) is 0 Å². The van der Waals surface area contributed by atoms with Gasteiger partial charge in [0.2, 0.25) is 0 Å². The van der Waals surface area contributed by atoms with Gasteiger partial charge in [-0.3, -0.25) is 4.79 Å². The second-order valence-electron chi connectivity index (χ2n) is 2.81. The molecule has 0 saturated heterocycles. The maximum absolute atomic E-state index is 13.1. The molecular formula is C10H8F2O4. The number of rotatable bonds is 3. The second-order valence-corrected chi connectivity index (χ2v) is 2.81. The standard InChI is InChI=1S/C10H8F2O4/c1-2-16-10(15)9(14)7-6(13)4-3-5(11)8(7)12/h3-4,13H,2H2,1H3. The molecule has 0 aromatic heterocycles. The first-order valence-electron chi connectivity index (χ1n) is 4.37. The number of esters is 1. The van der Waals surface area contributed by atoms with Gasteiger partial charge < -0.3 is 9.84 Å². The fourth-order valence-corrected chi connectivity index (χ4v) is 1.06. The van der Waals surface area contributed by atoms with Gasteiger partial charge in [0.25, 0.3) is 5.78 Å². The number of aromatic hydroxyl groups is 1. The summed E-state index contributed by atoms with van der Waals surface area (Å²) in [7, 11) is 0. The van der Waals surface area contributed by atoms with Crippen LogP contribution in [0, 0.1) is 11.6 Å². The molecule has 0 unspecified atom stereocenters. The third-order valence-corrected chi connectivity index (χ3v) is 1.76. The number of ether oxygens (including phenoxy) is 1. The summed E-state index contributed by atoms with van der Waals surface area (Å²) < 4.78 is 30.2. The molecule has 1 rings (SSSR count). The predicted octanol–water partition coefficient (Wildman–Crippen LogP) is 1.42. The highest BCUT2D eigenvalue weighted by atomic mass is 19.2. The molecule has 0 radical (unpaired) electrons. The second kappa shape index (κ2) is 4.69. The molecule has 0 saturated carbocycles. The number of phenols is 1. The Labute approximate surface area is 89.5 Å². The minimum atomic E-state index is -1.57. The third kappa shape index (κ3) is 2.16. The van der Waals surface area contributed by atoms with Crippen molar-refractivity contribution in [2.75, 3.05) is 6.61 Å². The third-order valence-electron chi connectivity index (χ3n) is 1.76. The molecule has 0 fully saturated rings. The Kier molecular flexibility index (Phi) is 3.55. The van der Waals surface area contributed by atoms with Gasteiger partial charge in [0, 0.05) is 0 Å². The molecule has 86 valence electrons. The number of hydrogen-bond acceptors (Lipinski definition) is 4. The van der Waals surface area contributed by atoms with E-state index < -0.39 is 34.7 Å². The van der Waals surface area contributed by atoms with E-state index >= 15 is 0 Å². The van der Waals surface area contributed by atoms with Gasteiger partial charge in [0.05, 0.1) is 6.61 Å². The molecule has 0 amide bonds. The molecule has 0 heterocycles. The van der Waals surface area contributed by atoms with E-state index in [0.29, 0.717) is 6.07 Å². The van der Waals surface area contributed by atoms with Gasteiger partial charge in [0.15, 0.2) is 11.6 Å². The van der Waals surface area contributed by atoms with Crippen LogP contribution in [-0.4, -0.2) is 23.5 Å².